The summed E-state index contributed by atoms with van der Waals surface area (Å²) in [5.74, 6) is -0.837. The number of hydrogen-bond donors (Lipinski definition) is 0. The molecule has 1 amide bonds. The van der Waals surface area contributed by atoms with Crippen LogP contribution in [0.1, 0.15) is 24.8 Å². The van der Waals surface area contributed by atoms with Crippen LogP contribution in [0.5, 0.6) is 0 Å². The van der Waals surface area contributed by atoms with Crippen LogP contribution in [-0.4, -0.2) is 40.6 Å². The molecule has 0 N–H and O–H groups in total. The van der Waals surface area contributed by atoms with Gasteiger partial charge in [-0.3, -0.25) is 4.79 Å². The lowest BCUT2D eigenvalue weighted by Gasteiger charge is -2.30. The van der Waals surface area contributed by atoms with Crippen LogP contribution < -0.4 is 0 Å². The molecule has 1 heterocycles. The number of ether oxygens (including phenoxy) is 1. The third-order valence-electron chi connectivity index (χ3n) is 3.52. The maximum Gasteiger partial charge on any atom is 0.330 e. The van der Waals surface area contributed by atoms with Crippen molar-refractivity contribution in [1.82, 2.24) is 4.90 Å². The summed E-state index contributed by atoms with van der Waals surface area (Å²) < 4.78 is 4.44. The van der Waals surface area contributed by atoms with Gasteiger partial charge in [0.25, 0.3) is 0 Å². The van der Waals surface area contributed by atoms with E-state index in [-0.39, 0.29) is 17.2 Å². The van der Waals surface area contributed by atoms with E-state index in [2.05, 4.69) is 0 Å². The number of hydrogen-bond acceptors (Lipinski definition) is 4. The van der Waals surface area contributed by atoms with Gasteiger partial charge in [-0.15, -0.1) is 23.4 Å². The number of rotatable bonds is 3. The van der Waals surface area contributed by atoms with Crippen molar-refractivity contribution in [2.75, 3.05) is 13.0 Å². The molecule has 21 heavy (non-hydrogen) atoms. The summed E-state index contributed by atoms with van der Waals surface area (Å²) >= 11 is 7.31. The van der Waals surface area contributed by atoms with Gasteiger partial charge >= 0.3 is 5.97 Å². The minimum absolute atomic E-state index is 0.159. The van der Waals surface area contributed by atoms with Crippen molar-refractivity contribution < 1.29 is 14.3 Å². The Labute approximate surface area is 133 Å². The Morgan fingerprint density at radius 3 is 2.48 bits per heavy atom. The Balaban J connectivity index is 2.46. The molecule has 2 atom stereocenters. The van der Waals surface area contributed by atoms with Gasteiger partial charge in [0.1, 0.15) is 17.3 Å². The highest BCUT2D eigenvalue weighted by molar-refractivity contribution is 8.01. The van der Waals surface area contributed by atoms with Crippen LogP contribution >= 0.6 is 23.4 Å². The van der Waals surface area contributed by atoms with E-state index in [9.17, 15) is 9.59 Å². The SMILES string of the molecule is COC(=O)[C@@H]1N(C(=O)CCl)[C@@H](c2ccccc2)SC1(C)C. The summed E-state index contributed by atoms with van der Waals surface area (Å²) in [7, 11) is 1.34. The summed E-state index contributed by atoms with van der Waals surface area (Å²) in [6.07, 6.45) is 0. The summed E-state index contributed by atoms with van der Waals surface area (Å²) in [6, 6.07) is 8.99. The molecule has 0 bridgehead atoms. The van der Waals surface area contributed by atoms with E-state index in [0.717, 1.165) is 5.56 Å². The molecule has 1 aliphatic heterocycles. The Bertz CT molecular complexity index is 535. The third-order valence-corrected chi connectivity index (χ3v) is 5.30. The first-order valence-corrected chi connectivity index (χ1v) is 8.01. The Hall–Kier alpha value is -1.20. The number of amides is 1. The Morgan fingerprint density at radius 1 is 1.33 bits per heavy atom. The lowest BCUT2D eigenvalue weighted by Crippen LogP contribution is -2.50. The zero-order valence-corrected chi connectivity index (χ0v) is 13.8. The monoisotopic (exact) mass is 327 g/mol. The molecule has 0 spiro atoms. The molecule has 0 radical (unpaired) electrons. The van der Waals surface area contributed by atoms with Crippen LogP contribution in [0.3, 0.4) is 0 Å². The molecule has 1 aromatic carbocycles. The van der Waals surface area contributed by atoms with E-state index in [1.807, 2.05) is 44.2 Å². The Morgan fingerprint density at radius 2 is 1.95 bits per heavy atom. The summed E-state index contributed by atoms with van der Waals surface area (Å²) in [4.78, 5) is 26.0. The highest BCUT2D eigenvalue weighted by atomic mass is 35.5. The van der Waals surface area contributed by atoms with Crippen molar-refractivity contribution in [2.24, 2.45) is 0 Å². The number of benzene rings is 1. The first kappa shape index (κ1) is 16.2. The molecule has 4 nitrogen and oxygen atoms in total. The number of alkyl halides is 1. The molecule has 0 aliphatic carbocycles. The quantitative estimate of drug-likeness (QED) is 0.632. The van der Waals surface area contributed by atoms with Crippen LogP contribution in [0.25, 0.3) is 0 Å². The number of halogens is 1. The molecule has 0 aromatic heterocycles. The number of esters is 1. The van der Waals surface area contributed by atoms with Crippen LogP contribution in [-0.2, 0) is 14.3 Å². The topological polar surface area (TPSA) is 46.6 Å². The molecular weight excluding hydrogens is 310 g/mol. The molecule has 1 aliphatic rings. The lowest BCUT2D eigenvalue weighted by atomic mass is 10.0. The first-order chi connectivity index (χ1) is 9.92. The van der Waals surface area contributed by atoms with Gasteiger partial charge in [0, 0.05) is 4.75 Å². The predicted molar refractivity (Wildman–Crippen MR) is 84.2 cm³/mol. The number of nitrogens with zero attached hydrogens (tertiary/aromatic N) is 1. The van der Waals surface area contributed by atoms with Crippen molar-refractivity contribution in [1.29, 1.82) is 0 Å². The van der Waals surface area contributed by atoms with Crippen molar-refractivity contribution in [3.05, 3.63) is 35.9 Å². The van der Waals surface area contributed by atoms with E-state index in [0.29, 0.717) is 0 Å². The summed E-state index contributed by atoms with van der Waals surface area (Å²) in [5.41, 5.74) is 0.973. The van der Waals surface area contributed by atoms with E-state index in [4.69, 9.17) is 16.3 Å². The van der Waals surface area contributed by atoms with Crippen molar-refractivity contribution in [3.8, 4) is 0 Å². The standard InChI is InChI=1S/C15H18ClNO3S/c1-15(2)12(14(19)20-3)17(11(18)9-16)13(21-15)10-7-5-4-6-8-10/h4-8,12-13H,9H2,1-3H3/t12-,13+/m0/s1. The average Bonchev–Trinajstić information content (AvgIpc) is 2.78. The fourth-order valence-corrected chi connectivity index (χ4v) is 4.28. The van der Waals surface area contributed by atoms with Crippen molar-refractivity contribution in [2.45, 2.75) is 30.0 Å². The molecule has 1 aromatic rings. The highest BCUT2D eigenvalue weighted by Crippen LogP contribution is 2.52. The van der Waals surface area contributed by atoms with Crippen LogP contribution in [0.4, 0.5) is 0 Å². The van der Waals surface area contributed by atoms with E-state index in [1.165, 1.54) is 7.11 Å². The largest absolute Gasteiger partial charge is 0.467 e. The maximum absolute atomic E-state index is 12.3. The van der Waals surface area contributed by atoms with Gasteiger partial charge in [-0.2, -0.15) is 0 Å². The highest BCUT2D eigenvalue weighted by Gasteiger charge is 2.53. The van der Waals surface area contributed by atoms with Crippen molar-refractivity contribution in [3.63, 3.8) is 0 Å². The first-order valence-electron chi connectivity index (χ1n) is 6.60. The second-order valence-electron chi connectivity index (χ2n) is 5.34. The number of methoxy groups -OCH3 is 1. The molecule has 114 valence electrons. The zero-order valence-electron chi connectivity index (χ0n) is 12.2. The lowest BCUT2D eigenvalue weighted by molar-refractivity contribution is -0.152. The van der Waals surface area contributed by atoms with E-state index in [1.54, 1.807) is 16.7 Å². The van der Waals surface area contributed by atoms with Gasteiger partial charge in [-0.05, 0) is 19.4 Å². The second-order valence-corrected chi connectivity index (χ2v) is 7.35. The van der Waals surface area contributed by atoms with Gasteiger partial charge in [0.15, 0.2) is 0 Å². The Kier molecular flexibility index (Phi) is 4.84. The van der Waals surface area contributed by atoms with Crippen LogP contribution in [0.15, 0.2) is 30.3 Å². The molecule has 1 saturated heterocycles. The molecule has 0 unspecified atom stereocenters. The minimum atomic E-state index is -0.649. The molecule has 1 fully saturated rings. The molecule has 0 saturated carbocycles. The van der Waals surface area contributed by atoms with Crippen molar-refractivity contribution >= 4 is 35.2 Å². The molecular formula is C15H18ClNO3S. The molecule has 2 rings (SSSR count). The summed E-state index contributed by atoms with van der Waals surface area (Å²) in [5, 5.41) is -0.239. The van der Waals surface area contributed by atoms with E-state index >= 15 is 0 Å². The third kappa shape index (κ3) is 3.04. The van der Waals surface area contributed by atoms with Gasteiger partial charge in [-0.25, -0.2) is 4.79 Å². The predicted octanol–water partition coefficient (Wildman–Crippen LogP) is 2.82. The van der Waals surface area contributed by atoms with Gasteiger partial charge < -0.3 is 9.64 Å². The maximum atomic E-state index is 12.3. The smallest absolute Gasteiger partial charge is 0.330 e. The number of thioether (sulfide) groups is 1. The molecule has 6 heteroatoms. The second kappa shape index (κ2) is 6.28. The van der Waals surface area contributed by atoms with Crippen LogP contribution in [0, 0.1) is 0 Å². The fraction of sp³-hybridized carbons (Fsp3) is 0.467. The van der Waals surface area contributed by atoms with Gasteiger partial charge in [0.2, 0.25) is 5.91 Å². The average molecular weight is 328 g/mol. The van der Waals surface area contributed by atoms with Gasteiger partial charge in [-0.1, -0.05) is 30.3 Å². The van der Waals surface area contributed by atoms with Gasteiger partial charge in [0.05, 0.1) is 7.11 Å². The number of carbonyl (C=O) groups is 2. The van der Waals surface area contributed by atoms with Crippen LogP contribution in [0.2, 0.25) is 0 Å². The fourth-order valence-electron chi connectivity index (χ4n) is 2.58. The zero-order chi connectivity index (χ0) is 15.6. The number of carbonyl (C=O) groups excluding carboxylic acids is 2. The summed E-state index contributed by atoms with van der Waals surface area (Å²) in [6.45, 7) is 3.88. The minimum Gasteiger partial charge on any atom is -0.467 e. The van der Waals surface area contributed by atoms with E-state index < -0.39 is 16.8 Å². The normalized spacial score (nSPS) is 23.9.